The van der Waals surface area contributed by atoms with Gasteiger partial charge in [0, 0.05) is 19.0 Å². The number of hydrogen-bond acceptors (Lipinski definition) is 5. The topological polar surface area (TPSA) is 111 Å². The second kappa shape index (κ2) is 5.87. The van der Waals surface area contributed by atoms with Crippen molar-refractivity contribution in [3.05, 3.63) is 58.0 Å². The molecule has 7 nitrogen and oxygen atoms in total. The third kappa shape index (κ3) is 2.94. The lowest BCUT2D eigenvalue weighted by molar-refractivity contribution is -0.383. The SMILES string of the molecule is Nc1c(C(=O)NCCc2ccco2)cccc1[N+](=O)[O-]. The van der Waals surface area contributed by atoms with Gasteiger partial charge in [-0.15, -0.1) is 0 Å². The van der Waals surface area contributed by atoms with Crippen molar-refractivity contribution < 1.29 is 14.1 Å². The largest absolute Gasteiger partial charge is 0.469 e. The number of nitrogen functional groups attached to an aromatic ring is 1. The van der Waals surface area contributed by atoms with Gasteiger partial charge in [-0.25, -0.2) is 0 Å². The normalized spacial score (nSPS) is 10.2. The number of carbonyl (C=O) groups is 1. The van der Waals surface area contributed by atoms with Crippen LogP contribution in [0.3, 0.4) is 0 Å². The zero-order chi connectivity index (χ0) is 14.5. The summed E-state index contributed by atoms with van der Waals surface area (Å²) in [5, 5.41) is 13.4. The van der Waals surface area contributed by atoms with E-state index in [1.807, 2.05) is 0 Å². The van der Waals surface area contributed by atoms with Gasteiger partial charge < -0.3 is 15.5 Å². The number of nitro groups is 1. The molecule has 2 aromatic rings. The Hall–Kier alpha value is -2.83. The maximum absolute atomic E-state index is 11.9. The molecule has 7 heteroatoms. The molecule has 1 heterocycles. The van der Waals surface area contributed by atoms with Crippen molar-refractivity contribution >= 4 is 17.3 Å². The number of nitro benzene ring substituents is 1. The summed E-state index contributed by atoms with van der Waals surface area (Å²) in [6.07, 6.45) is 2.09. The Bertz CT molecular complexity index is 623. The third-order valence-corrected chi connectivity index (χ3v) is 2.76. The highest BCUT2D eigenvalue weighted by molar-refractivity contribution is 6.00. The smallest absolute Gasteiger partial charge is 0.292 e. The van der Waals surface area contributed by atoms with E-state index >= 15 is 0 Å². The van der Waals surface area contributed by atoms with Gasteiger partial charge in [0.1, 0.15) is 11.4 Å². The van der Waals surface area contributed by atoms with Gasteiger partial charge in [-0.3, -0.25) is 14.9 Å². The summed E-state index contributed by atoms with van der Waals surface area (Å²) in [4.78, 5) is 22.1. The van der Waals surface area contributed by atoms with E-state index in [4.69, 9.17) is 10.2 Å². The number of nitrogens with one attached hydrogen (secondary N) is 1. The van der Waals surface area contributed by atoms with Crippen LogP contribution in [0.1, 0.15) is 16.1 Å². The Labute approximate surface area is 114 Å². The van der Waals surface area contributed by atoms with Crippen molar-refractivity contribution in [3.8, 4) is 0 Å². The number of anilines is 1. The van der Waals surface area contributed by atoms with E-state index in [1.165, 1.54) is 18.2 Å². The molecule has 0 unspecified atom stereocenters. The van der Waals surface area contributed by atoms with Crippen molar-refractivity contribution in [1.82, 2.24) is 5.32 Å². The van der Waals surface area contributed by atoms with Crippen LogP contribution in [0.15, 0.2) is 41.0 Å². The van der Waals surface area contributed by atoms with Crippen LogP contribution in [0.5, 0.6) is 0 Å². The van der Waals surface area contributed by atoms with Gasteiger partial charge in [0.15, 0.2) is 0 Å². The van der Waals surface area contributed by atoms with Gasteiger partial charge in [-0.05, 0) is 18.2 Å². The Morgan fingerprint density at radius 1 is 1.35 bits per heavy atom. The van der Waals surface area contributed by atoms with Crippen LogP contribution in [-0.4, -0.2) is 17.4 Å². The summed E-state index contributed by atoms with van der Waals surface area (Å²) in [7, 11) is 0. The summed E-state index contributed by atoms with van der Waals surface area (Å²) in [5.74, 6) is 0.301. The van der Waals surface area contributed by atoms with Crippen molar-refractivity contribution in [2.45, 2.75) is 6.42 Å². The van der Waals surface area contributed by atoms with Gasteiger partial charge in [-0.1, -0.05) is 6.07 Å². The van der Waals surface area contributed by atoms with Gasteiger partial charge >= 0.3 is 0 Å². The quantitative estimate of drug-likeness (QED) is 0.490. The minimum atomic E-state index is -0.616. The molecule has 0 aliphatic carbocycles. The molecule has 0 fully saturated rings. The molecule has 104 valence electrons. The highest BCUT2D eigenvalue weighted by Crippen LogP contribution is 2.24. The zero-order valence-electron chi connectivity index (χ0n) is 10.5. The van der Waals surface area contributed by atoms with Crippen molar-refractivity contribution in [2.75, 3.05) is 12.3 Å². The number of rotatable bonds is 5. The predicted molar refractivity (Wildman–Crippen MR) is 72.3 cm³/mol. The van der Waals surface area contributed by atoms with E-state index < -0.39 is 10.8 Å². The molecule has 0 aliphatic heterocycles. The summed E-state index contributed by atoms with van der Waals surface area (Å²) in [6, 6.07) is 7.69. The van der Waals surface area contributed by atoms with Crippen LogP contribution in [0.25, 0.3) is 0 Å². The lowest BCUT2D eigenvalue weighted by Crippen LogP contribution is -2.26. The van der Waals surface area contributed by atoms with E-state index in [1.54, 1.807) is 18.4 Å². The molecule has 1 aromatic heterocycles. The molecule has 1 amide bonds. The molecule has 3 N–H and O–H groups in total. The Kier molecular flexibility index (Phi) is 3.99. The molecule has 0 aliphatic rings. The second-order valence-corrected chi connectivity index (χ2v) is 4.08. The van der Waals surface area contributed by atoms with Gasteiger partial charge in [0.25, 0.3) is 11.6 Å². The molecule has 1 aromatic carbocycles. The highest BCUT2D eigenvalue weighted by Gasteiger charge is 2.18. The number of carbonyl (C=O) groups excluding carboxylic acids is 1. The van der Waals surface area contributed by atoms with Gasteiger partial charge in [-0.2, -0.15) is 0 Å². The summed E-state index contributed by atoms with van der Waals surface area (Å²) >= 11 is 0. The number of para-hydroxylation sites is 1. The molecule has 0 saturated carbocycles. The van der Waals surface area contributed by atoms with Gasteiger partial charge in [0.2, 0.25) is 0 Å². The number of nitrogens with two attached hydrogens (primary N) is 1. The number of hydrogen-bond donors (Lipinski definition) is 2. The van der Waals surface area contributed by atoms with E-state index in [0.29, 0.717) is 13.0 Å². The fourth-order valence-corrected chi connectivity index (χ4v) is 1.76. The minimum absolute atomic E-state index is 0.0960. The Balaban J connectivity index is 2.02. The lowest BCUT2D eigenvalue weighted by Gasteiger charge is -2.07. The first-order chi connectivity index (χ1) is 9.59. The van der Waals surface area contributed by atoms with Crippen LogP contribution in [0.4, 0.5) is 11.4 Å². The van der Waals surface area contributed by atoms with Crippen molar-refractivity contribution in [1.29, 1.82) is 0 Å². The third-order valence-electron chi connectivity index (χ3n) is 2.76. The molecule has 20 heavy (non-hydrogen) atoms. The van der Waals surface area contributed by atoms with Crippen LogP contribution in [0, 0.1) is 10.1 Å². The predicted octanol–water partition coefficient (Wildman–Crippen LogP) is 1.74. The van der Waals surface area contributed by atoms with Crippen LogP contribution >= 0.6 is 0 Å². The first-order valence-electron chi connectivity index (χ1n) is 5.93. The fraction of sp³-hybridized carbons (Fsp3) is 0.154. The monoisotopic (exact) mass is 275 g/mol. The van der Waals surface area contributed by atoms with E-state index in [0.717, 1.165) is 5.76 Å². The second-order valence-electron chi connectivity index (χ2n) is 4.08. The maximum Gasteiger partial charge on any atom is 0.292 e. The van der Waals surface area contributed by atoms with Gasteiger partial charge in [0.05, 0.1) is 16.7 Å². The molecular weight excluding hydrogens is 262 g/mol. The lowest BCUT2D eigenvalue weighted by atomic mass is 10.1. The number of amides is 1. The first-order valence-corrected chi connectivity index (χ1v) is 5.93. The maximum atomic E-state index is 11.9. The van der Waals surface area contributed by atoms with E-state index in [9.17, 15) is 14.9 Å². The standard InChI is InChI=1S/C13H13N3O4/c14-12-10(4-1-5-11(12)16(18)19)13(17)15-7-6-9-3-2-8-20-9/h1-5,8H,6-7,14H2,(H,15,17). The molecular formula is C13H13N3O4. The molecule has 0 atom stereocenters. The Morgan fingerprint density at radius 3 is 2.80 bits per heavy atom. The molecule has 0 bridgehead atoms. The van der Waals surface area contributed by atoms with Crippen molar-refractivity contribution in [2.24, 2.45) is 0 Å². The number of nitrogens with zero attached hydrogens (tertiary/aromatic N) is 1. The molecule has 0 spiro atoms. The fourth-order valence-electron chi connectivity index (χ4n) is 1.76. The zero-order valence-corrected chi connectivity index (χ0v) is 10.5. The van der Waals surface area contributed by atoms with Crippen LogP contribution in [0.2, 0.25) is 0 Å². The molecule has 0 saturated heterocycles. The van der Waals surface area contributed by atoms with Crippen molar-refractivity contribution in [3.63, 3.8) is 0 Å². The summed E-state index contributed by atoms with van der Waals surface area (Å²) in [6.45, 7) is 0.356. The molecule has 0 radical (unpaired) electrons. The van der Waals surface area contributed by atoms with Crippen LogP contribution in [-0.2, 0) is 6.42 Å². The highest BCUT2D eigenvalue weighted by atomic mass is 16.6. The summed E-state index contributed by atoms with van der Waals surface area (Å²) in [5.41, 5.74) is 5.32. The van der Waals surface area contributed by atoms with Crippen LogP contribution < -0.4 is 11.1 Å². The van der Waals surface area contributed by atoms with E-state index in [-0.39, 0.29) is 16.9 Å². The Morgan fingerprint density at radius 2 is 2.15 bits per heavy atom. The summed E-state index contributed by atoms with van der Waals surface area (Å²) < 4.78 is 5.13. The number of furan rings is 1. The first kappa shape index (κ1) is 13.6. The average molecular weight is 275 g/mol. The number of benzene rings is 1. The molecule has 2 rings (SSSR count). The minimum Gasteiger partial charge on any atom is -0.469 e. The van der Waals surface area contributed by atoms with E-state index in [2.05, 4.69) is 5.32 Å². The average Bonchev–Trinajstić information content (AvgIpc) is 2.91.